The van der Waals surface area contributed by atoms with Crippen molar-refractivity contribution in [3.05, 3.63) is 29.8 Å². The van der Waals surface area contributed by atoms with Crippen LogP contribution in [-0.2, 0) is 11.2 Å². The molecule has 1 fully saturated rings. The normalized spacial score (nSPS) is 16.9. The number of hydrogen-bond donors (Lipinski definition) is 2. The predicted octanol–water partition coefficient (Wildman–Crippen LogP) is 2.43. The molecule has 3 aromatic heterocycles. The zero-order valence-corrected chi connectivity index (χ0v) is 13.9. The quantitative estimate of drug-likeness (QED) is 0.761. The van der Waals surface area contributed by atoms with Crippen LogP contribution in [0.4, 0.5) is 0 Å². The summed E-state index contributed by atoms with van der Waals surface area (Å²) in [6.07, 6.45) is 12.1. The lowest BCUT2D eigenvalue weighted by Crippen LogP contribution is -2.23. The molecule has 1 atom stereocenters. The van der Waals surface area contributed by atoms with Gasteiger partial charge in [-0.25, -0.2) is 9.97 Å². The fourth-order valence-corrected chi connectivity index (χ4v) is 3.80. The number of amides is 1. The van der Waals surface area contributed by atoms with E-state index in [-0.39, 0.29) is 6.42 Å². The number of rotatable bonds is 4. The highest BCUT2D eigenvalue weighted by molar-refractivity contribution is 5.82. The van der Waals surface area contributed by atoms with Crippen LogP contribution in [0.25, 0.3) is 16.8 Å². The van der Waals surface area contributed by atoms with Crippen molar-refractivity contribution in [2.24, 2.45) is 11.7 Å². The van der Waals surface area contributed by atoms with Crippen LogP contribution in [0.1, 0.15) is 49.3 Å². The van der Waals surface area contributed by atoms with E-state index >= 15 is 0 Å². The van der Waals surface area contributed by atoms with Crippen molar-refractivity contribution in [2.45, 2.75) is 44.4 Å². The number of hydrogen-bond acceptors (Lipinski definition) is 4. The van der Waals surface area contributed by atoms with Gasteiger partial charge in [0.15, 0.2) is 11.3 Å². The Labute approximate surface area is 144 Å². The van der Waals surface area contributed by atoms with E-state index in [9.17, 15) is 4.79 Å². The summed E-state index contributed by atoms with van der Waals surface area (Å²) in [4.78, 5) is 23.7. The molecule has 3 aromatic rings. The molecule has 128 valence electrons. The molecule has 7 heteroatoms. The maximum absolute atomic E-state index is 11.4. The molecule has 0 radical (unpaired) electrons. The molecule has 0 saturated heterocycles. The van der Waals surface area contributed by atoms with Crippen LogP contribution in [0.5, 0.6) is 0 Å². The molecule has 3 N–H and O–H groups in total. The average molecular weight is 336 g/mol. The van der Waals surface area contributed by atoms with Crippen LogP contribution in [0, 0.1) is 17.2 Å². The van der Waals surface area contributed by atoms with Crippen molar-refractivity contribution in [2.75, 3.05) is 0 Å². The molecule has 4 rings (SSSR count). The topological polar surface area (TPSA) is 113 Å². The van der Waals surface area contributed by atoms with Crippen LogP contribution < -0.4 is 5.73 Å². The van der Waals surface area contributed by atoms with Crippen molar-refractivity contribution in [1.29, 1.82) is 5.26 Å². The maximum atomic E-state index is 11.4. The lowest BCUT2D eigenvalue weighted by Gasteiger charge is -2.19. The lowest BCUT2D eigenvalue weighted by atomic mass is 9.87. The van der Waals surface area contributed by atoms with Gasteiger partial charge in [-0.15, -0.1) is 0 Å². The number of fused-ring (bicyclic) bond motifs is 3. The first kappa shape index (κ1) is 15.6. The number of aromatic amines is 1. The third-order valence-electron chi connectivity index (χ3n) is 5.16. The van der Waals surface area contributed by atoms with Crippen molar-refractivity contribution < 1.29 is 4.79 Å². The summed E-state index contributed by atoms with van der Waals surface area (Å²) in [7, 11) is 0. The number of nitrogens with zero attached hydrogens (tertiary/aromatic N) is 4. The number of aromatic nitrogens is 4. The van der Waals surface area contributed by atoms with Gasteiger partial charge < -0.3 is 10.7 Å². The second-order valence-corrected chi connectivity index (χ2v) is 6.79. The Balaban J connectivity index is 1.79. The number of H-pyrrole nitrogens is 1. The van der Waals surface area contributed by atoms with Crippen LogP contribution in [0.2, 0.25) is 0 Å². The summed E-state index contributed by atoms with van der Waals surface area (Å²) in [5.74, 6) is -0.954. The maximum Gasteiger partial charge on any atom is 0.235 e. The highest BCUT2D eigenvalue weighted by Crippen LogP contribution is 2.33. The fraction of sp³-hybridized carbons (Fsp3) is 0.444. The smallest absolute Gasteiger partial charge is 0.235 e. The number of carbonyl (C=O) groups excluding carboxylic acids is 1. The Kier molecular flexibility index (Phi) is 3.88. The summed E-state index contributed by atoms with van der Waals surface area (Å²) in [6, 6.07) is 1.98. The SMILES string of the molecule is N#CC(Cc1c[nH]c2ncc3nc(C4CCCCC4)cn3c12)C(N)=O. The van der Waals surface area contributed by atoms with Gasteiger partial charge in [0.1, 0.15) is 5.92 Å². The number of nitriles is 1. The van der Waals surface area contributed by atoms with Crippen LogP contribution in [0.15, 0.2) is 18.6 Å². The minimum absolute atomic E-state index is 0.267. The van der Waals surface area contributed by atoms with Gasteiger partial charge in [0.05, 0.1) is 23.5 Å². The van der Waals surface area contributed by atoms with Crippen molar-refractivity contribution >= 4 is 22.7 Å². The molecule has 1 aliphatic carbocycles. The molecular formula is C18H20N6O. The molecule has 1 aliphatic rings. The molecule has 25 heavy (non-hydrogen) atoms. The van der Waals surface area contributed by atoms with Gasteiger partial charge >= 0.3 is 0 Å². The molecule has 1 unspecified atom stereocenters. The van der Waals surface area contributed by atoms with Crippen molar-refractivity contribution in [1.82, 2.24) is 19.4 Å². The van der Waals surface area contributed by atoms with Gasteiger partial charge in [0.2, 0.25) is 5.91 Å². The van der Waals surface area contributed by atoms with Crippen molar-refractivity contribution in [3.8, 4) is 6.07 Å². The molecular weight excluding hydrogens is 316 g/mol. The van der Waals surface area contributed by atoms with E-state index in [0.717, 1.165) is 28.1 Å². The summed E-state index contributed by atoms with van der Waals surface area (Å²) in [5, 5.41) is 9.16. The standard InChI is InChI=1S/C18H20N6O/c19-7-12(17(20)25)6-13-8-21-18-16(13)24-10-14(23-15(24)9-22-18)11-4-2-1-3-5-11/h8-12,21H,1-6H2,(H2,20,25). The number of nitrogens with one attached hydrogen (secondary N) is 1. The molecule has 1 saturated carbocycles. The summed E-state index contributed by atoms with van der Waals surface area (Å²) in [5.41, 5.74) is 9.65. The van der Waals surface area contributed by atoms with Crippen LogP contribution >= 0.6 is 0 Å². The van der Waals surface area contributed by atoms with E-state index in [1.54, 1.807) is 12.4 Å². The van der Waals surface area contributed by atoms with E-state index in [0.29, 0.717) is 5.92 Å². The van der Waals surface area contributed by atoms with Gasteiger partial charge in [-0.1, -0.05) is 19.3 Å². The van der Waals surface area contributed by atoms with Gasteiger partial charge in [-0.3, -0.25) is 9.20 Å². The first-order chi connectivity index (χ1) is 12.2. The number of primary amides is 1. The Hall–Kier alpha value is -2.88. The largest absolute Gasteiger partial charge is 0.369 e. The molecule has 1 amide bonds. The third-order valence-corrected chi connectivity index (χ3v) is 5.16. The summed E-state index contributed by atoms with van der Waals surface area (Å²) in [6.45, 7) is 0. The predicted molar refractivity (Wildman–Crippen MR) is 92.7 cm³/mol. The molecule has 3 heterocycles. The van der Waals surface area contributed by atoms with Crippen molar-refractivity contribution in [3.63, 3.8) is 0 Å². The molecule has 0 spiro atoms. The molecule has 0 aliphatic heterocycles. The number of nitrogens with two attached hydrogens (primary N) is 1. The molecule has 7 nitrogen and oxygen atoms in total. The monoisotopic (exact) mass is 336 g/mol. The van der Waals surface area contributed by atoms with E-state index in [4.69, 9.17) is 16.0 Å². The van der Waals surface area contributed by atoms with E-state index in [1.165, 1.54) is 32.1 Å². The number of carbonyl (C=O) groups is 1. The molecule has 0 bridgehead atoms. The summed E-state index contributed by atoms with van der Waals surface area (Å²) >= 11 is 0. The van der Waals surface area contributed by atoms with Gasteiger partial charge in [-0.2, -0.15) is 5.26 Å². The van der Waals surface area contributed by atoms with Gasteiger partial charge in [0, 0.05) is 24.7 Å². The second kappa shape index (κ2) is 6.20. The second-order valence-electron chi connectivity index (χ2n) is 6.79. The Morgan fingerprint density at radius 2 is 2.24 bits per heavy atom. The van der Waals surface area contributed by atoms with Gasteiger partial charge in [0.25, 0.3) is 0 Å². The Morgan fingerprint density at radius 3 is 2.96 bits per heavy atom. The zero-order chi connectivity index (χ0) is 17.4. The van der Waals surface area contributed by atoms with E-state index < -0.39 is 11.8 Å². The van der Waals surface area contributed by atoms with Crippen LogP contribution in [-0.4, -0.2) is 25.3 Å². The molecule has 0 aromatic carbocycles. The summed E-state index contributed by atoms with van der Waals surface area (Å²) < 4.78 is 2.02. The average Bonchev–Trinajstić information content (AvgIpc) is 3.23. The van der Waals surface area contributed by atoms with Crippen LogP contribution in [0.3, 0.4) is 0 Å². The first-order valence-corrected chi connectivity index (χ1v) is 8.70. The van der Waals surface area contributed by atoms with E-state index in [1.807, 2.05) is 10.5 Å². The number of imidazole rings is 1. The minimum Gasteiger partial charge on any atom is -0.369 e. The van der Waals surface area contributed by atoms with Gasteiger partial charge in [-0.05, 0) is 18.4 Å². The first-order valence-electron chi connectivity index (χ1n) is 8.70. The zero-order valence-electron chi connectivity index (χ0n) is 13.9. The third kappa shape index (κ3) is 2.74. The Bertz CT molecular complexity index is 973. The minimum atomic E-state index is -0.851. The Morgan fingerprint density at radius 1 is 1.44 bits per heavy atom. The fourth-order valence-electron chi connectivity index (χ4n) is 3.80. The lowest BCUT2D eigenvalue weighted by molar-refractivity contribution is -0.120. The highest BCUT2D eigenvalue weighted by atomic mass is 16.1. The highest BCUT2D eigenvalue weighted by Gasteiger charge is 2.22. The van der Waals surface area contributed by atoms with E-state index in [2.05, 4.69) is 16.2 Å².